The van der Waals surface area contributed by atoms with Crippen molar-refractivity contribution in [2.45, 2.75) is 57.6 Å². The molecule has 1 aromatic carbocycles. The maximum absolute atomic E-state index is 7.12. The first kappa shape index (κ1) is 32.2. The Morgan fingerprint density at radius 1 is 1.29 bits per heavy atom. The van der Waals surface area contributed by atoms with Gasteiger partial charge in [0.15, 0.2) is 0 Å². The summed E-state index contributed by atoms with van der Waals surface area (Å²) in [5, 5.41) is 28.3. The molecule has 0 amide bonds. The lowest BCUT2D eigenvalue weighted by Crippen LogP contribution is -2.27. The molecule has 1 aliphatic carbocycles. The summed E-state index contributed by atoms with van der Waals surface area (Å²) in [6.45, 7) is 7.53. The third-order valence-electron chi connectivity index (χ3n) is 6.51. The Hall–Kier alpha value is -4.32. The van der Waals surface area contributed by atoms with E-state index in [9.17, 15) is 0 Å². The molecular formula is C29H41ClN10O2. The predicted molar refractivity (Wildman–Crippen MR) is 171 cm³/mol. The van der Waals surface area contributed by atoms with Gasteiger partial charge < -0.3 is 31.2 Å². The van der Waals surface area contributed by atoms with E-state index < -0.39 is 0 Å². The largest absolute Gasteiger partial charge is 0.487 e. The molecule has 1 aromatic heterocycles. The zero-order valence-corrected chi connectivity index (χ0v) is 24.7. The number of nitrogens with two attached hydrogens (primary N) is 1. The quantitative estimate of drug-likeness (QED) is 0.0802. The van der Waals surface area contributed by atoms with Gasteiger partial charge in [-0.2, -0.15) is 0 Å². The van der Waals surface area contributed by atoms with Gasteiger partial charge in [-0.25, -0.2) is 9.98 Å². The van der Waals surface area contributed by atoms with Gasteiger partial charge in [-0.05, 0) is 43.9 Å². The summed E-state index contributed by atoms with van der Waals surface area (Å²) in [7, 11) is 0. The second-order valence-electron chi connectivity index (χ2n) is 9.76. The first-order chi connectivity index (χ1) is 20.4. The highest BCUT2D eigenvalue weighted by Crippen LogP contribution is 2.33. The minimum absolute atomic E-state index is 0.203. The average molecular weight is 597 g/mol. The van der Waals surface area contributed by atoms with E-state index >= 15 is 0 Å². The highest BCUT2D eigenvalue weighted by Gasteiger charge is 2.20. The van der Waals surface area contributed by atoms with Gasteiger partial charge in [0.1, 0.15) is 29.7 Å². The summed E-state index contributed by atoms with van der Waals surface area (Å²) >= 11 is 6.35. The molecule has 0 aliphatic heterocycles. The standard InChI is InChI=1S/C29H41ClN10O2/c1-21(15-35-18-32)42-28-13-23(9-10-26(28)30)24(14-31)16-37-22(2)38-27-17-40(25-7-4-3-5-8-25)39-29(27)41-12-6-11-34-20-36-19-33/h9-10,13-14,16-21,25,38H,2-8,11-12,15,31H2,1H3,(H2,32,35)(H2,33,34,36)/b24-14+,37-16-/t21-/m0/s1. The van der Waals surface area contributed by atoms with Crippen LogP contribution in [0.15, 0.2) is 53.0 Å². The molecule has 1 heterocycles. The zero-order valence-electron chi connectivity index (χ0n) is 24.0. The zero-order chi connectivity index (χ0) is 30.2. The maximum atomic E-state index is 7.12. The normalized spacial score (nSPS) is 15.0. The van der Waals surface area contributed by atoms with E-state index in [0.717, 1.165) is 37.5 Å². The molecule has 1 saturated carbocycles. The highest BCUT2D eigenvalue weighted by atomic mass is 35.5. The molecule has 0 spiro atoms. The molecule has 13 heteroatoms. The minimum Gasteiger partial charge on any atom is -0.487 e. The lowest BCUT2D eigenvalue weighted by atomic mass is 9.96. The van der Waals surface area contributed by atoms with Crippen LogP contribution in [0.5, 0.6) is 11.6 Å². The number of anilines is 1. The van der Waals surface area contributed by atoms with Crippen molar-refractivity contribution in [2.24, 2.45) is 15.7 Å². The van der Waals surface area contributed by atoms with Crippen molar-refractivity contribution >= 4 is 48.1 Å². The van der Waals surface area contributed by atoms with Crippen LogP contribution in [0.2, 0.25) is 5.02 Å². The third kappa shape index (κ3) is 10.3. The Labute approximate surface area is 252 Å². The molecule has 1 atom stereocenters. The number of hydrogen-bond donors (Lipinski definition) is 6. The first-order valence-corrected chi connectivity index (χ1v) is 14.4. The molecule has 7 N–H and O–H groups in total. The highest BCUT2D eigenvalue weighted by molar-refractivity contribution is 6.32. The summed E-state index contributed by atoms with van der Waals surface area (Å²) in [6.07, 6.45) is 15.0. The van der Waals surface area contributed by atoms with Crippen molar-refractivity contribution in [3.8, 4) is 11.6 Å². The van der Waals surface area contributed by atoms with Crippen molar-refractivity contribution in [1.82, 2.24) is 20.4 Å². The van der Waals surface area contributed by atoms with Crippen LogP contribution in [0.1, 0.15) is 57.1 Å². The fourth-order valence-electron chi connectivity index (χ4n) is 4.40. The number of nitrogens with zero attached hydrogens (tertiary/aromatic N) is 4. The molecular weight excluding hydrogens is 556 g/mol. The molecule has 0 bridgehead atoms. The van der Waals surface area contributed by atoms with Crippen molar-refractivity contribution in [3.05, 3.63) is 53.6 Å². The van der Waals surface area contributed by atoms with E-state index in [-0.39, 0.29) is 6.10 Å². The SMILES string of the molecule is C=C(/N=C\C(=C/N)c1ccc(Cl)c(O[C@@H](C)CNC=N)c1)Nc1cn(C2CCCCC2)nc1OCCCN/C=N\C=N. The van der Waals surface area contributed by atoms with Crippen LogP contribution < -0.4 is 31.2 Å². The lowest BCUT2D eigenvalue weighted by Gasteiger charge is -2.21. The Balaban J connectivity index is 1.68. The smallest absolute Gasteiger partial charge is 0.256 e. The molecule has 0 unspecified atom stereocenters. The molecule has 0 saturated heterocycles. The number of halogens is 1. The van der Waals surface area contributed by atoms with Gasteiger partial charge in [-0.3, -0.25) is 15.5 Å². The Morgan fingerprint density at radius 3 is 2.83 bits per heavy atom. The number of ether oxygens (including phenoxy) is 2. The first-order valence-electron chi connectivity index (χ1n) is 14.0. The Bertz CT molecular complexity index is 1270. The summed E-state index contributed by atoms with van der Waals surface area (Å²) in [6, 6.07) is 5.72. The van der Waals surface area contributed by atoms with Crippen LogP contribution in [-0.4, -0.2) is 60.8 Å². The number of aromatic nitrogens is 2. The van der Waals surface area contributed by atoms with E-state index in [1.165, 1.54) is 31.8 Å². The lowest BCUT2D eigenvalue weighted by molar-refractivity contribution is 0.225. The Morgan fingerprint density at radius 2 is 2.10 bits per heavy atom. The van der Waals surface area contributed by atoms with Crippen LogP contribution >= 0.6 is 11.6 Å². The van der Waals surface area contributed by atoms with Gasteiger partial charge in [0.2, 0.25) is 0 Å². The molecule has 12 nitrogen and oxygen atoms in total. The van der Waals surface area contributed by atoms with Crippen LogP contribution in [0, 0.1) is 10.8 Å². The monoisotopic (exact) mass is 596 g/mol. The summed E-state index contributed by atoms with van der Waals surface area (Å²) in [5.41, 5.74) is 8.06. The Kier molecular flexibility index (Phi) is 13.4. The molecule has 1 aliphatic rings. The van der Waals surface area contributed by atoms with Crippen LogP contribution in [0.4, 0.5) is 5.69 Å². The third-order valence-corrected chi connectivity index (χ3v) is 6.82. The van der Waals surface area contributed by atoms with Crippen LogP contribution in [-0.2, 0) is 0 Å². The number of nitrogens with one attached hydrogen (secondary N) is 5. The molecule has 1 fully saturated rings. The van der Waals surface area contributed by atoms with E-state index in [1.54, 1.807) is 18.3 Å². The second kappa shape index (κ2) is 17.5. The van der Waals surface area contributed by atoms with Crippen molar-refractivity contribution in [3.63, 3.8) is 0 Å². The minimum atomic E-state index is -0.203. The molecule has 2 aromatic rings. The fraction of sp³-hybridized carbons (Fsp3) is 0.414. The maximum Gasteiger partial charge on any atom is 0.256 e. The van der Waals surface area contributed by atoms with Gasteiger partial charge in [-0.1, -0.05) is 43.5 Å². The van der Waals surface area contributed by atoms with Crippen LogP contribution in [0.25, 0.3) is 5.57 Å². The number of rotatable bonds is 18. The van der Waals surface area contributed by atoms with E-state index in [4.69, 9.17) is 42.7 Å². The van der Waals surface area contributed by atoms with E-state index in [1.807, 2.05) is 23.9 Å². The molecule has 226 valence electrons. The van der Waals surface area contributed by atoms with Crippen molar-refractivity contribution in [1.29, 1.82) is 10.8 Å². The van der Waals surface area contributed by atoms with Gasteiger partial charge in [0.05, 0.1) is 43.1 Å². The van der Waals surface area contributed by atoms with E-state index in [2.05, 4.69) is 32.5 Å². The van der Waals surface area contributed by atoms with Crippen molar-refractivity contribution in [2.75, 3.05) is 25.0 Å². The molecule has 3 rings (SSSR count). The van der Waals surface area contributed by atoms with Gasteiger partial charge in [0.25, 0.3) is 5.88 Å². The number of allylic oxidation sites excluding steroid dienone is 1. The van der Waals surface area contributed by atoms with Gasteiger partial charge >= 0.3 is 0 Å². The topological polar surface area (TPSA) is 171 Å². The van der Waals surface area contributed by atoms with Gasteiger partial charge in [0, 0.05) is 24.5 Å². The predicted octanol–water partition coefficient (Wildman–Crippen LogP) is 4.95. The average Bonchev–Trinajstić information content (AvgIpc) is 3.40. The summed E-state index contributed by atoms with van der Waals surface area (Å²) in [4.78, 5) is 8.20. The molecule has 42 heavy (non-hydrogen) atoms. The van der Waals surface area contributed by atoms with Crippen LogP contribution in [0.3, 0.4) is 0 Å². The number of aliphatic imine (C=N–C) groups is 2. The van der Waals surface area contributed by atoms with Crippen molar-refractivity contribution < 1.29 is 9.47 Å². The number of hydrogen-bond acceptors (Lipinski definition) is 8. The van der Waals surface area contributed by atoms with Gasteiger partial charge in [-0.15, -0.1) is 5.10 Å². The second-order valence-corrected chi connectivity index (χ2v) is 10.2. The summed E-state index contributed by atoms with van der Waals surface area (Å²) < 4.78 is 13.9. The van der Waals surface area contributed by atoms with E-state index in [0.29, 0.717) is 59.5 Å². The fourth-order valence-corrected chi connectivity index (χ4v) is 4.57. The summed E-state index contributed by atoms with van der Waals surface area (Å²) in [5.74, 6) is 1.39. The molecule has 0 radical (unpaired) electrons. The number of benzene rings is 1.